The van der Waals surface area contributed by atoms with Crippen molar-refractivity contribution >= 4 is 46.2 Å². The summed E-state index contributed by atoms with van der Waals surface area (Å²) in [5.74, 6) is 1.48. The van der Waals surface area contributed by atoms with Gasteiger partial charge in [0.2, 0.25) is 0 Å². The summed E-state index contributed by atoms with van der Waals surface area (Å²) in [5.41, 5.74) is 12.7. The smallest absolute Gasteiger partial charge is 0.120 e. The number of nitrogens with zero attached hydrogens (tertiary/aromatic N) is 3. The van der Waals surface area contributed by atoms with Crippen LogP contribution < -0.4 is 5.19 Å². The molecule has 1 radical (unpaired) electrons. The van der Waals surface area contributed by atoms with Gasteiger partial charge in [0, 0.05) is 42.9 Å². The van der Waals surface area contributed by atoms with Gasteiger partial charge in [-0.2, -0.15) is 0 Å². The molecular weight excluding hydrogens is 879 g/mol. The van der Waals surface area contributed by atoms with Crippen LogP contribution in [0.5, 0.6) is 0 Å². The number of para-hydroxylation sites is 4. The van der Waals surface area contributed by atoms with Crippen LogP contribution in [0.4, 0.5) is 0 Å². The minimum atomic E-state index is -1.35. The molecule has 3 heterocycles. The van der Waals surface area contributed by atoms with E-state index in [1.165, 1.54) is 16.3 Å². The van der Waals surface area contributed by atoms with E-state index in [1.807, 2.05) is 42.5 Å². The molecule has 0 saturated heterocycles. The molecule has 0 atom stereocenters. The van der Waals surface area contributed by atoms with Gasteiger partial charge in [-0.1, -0.05) is 142 Å². The predicted molar refractivity (Wildman–Crippen MR) is 233 cm³/mol. The van der Waals surface area contributed by atoms with Crippen molar-refractivity contribution in [3.63, 3.8) is 0 Å². The van der Waals surface area contributed by atoms with E-state index in [0.717, 1.165) is 78.9 Å². The standard InChI is InChI=1S/C31H19N2O.C19H26NSi.Ir/c1-2-11-21(12-3-1)22-13-4-7-18-27(22)33-28-19-8-6-17-26(28)32-31(33)25-16-10-15-24-23-14-5-9-20-29(23)34-30(24)25;1-14(2)11-17-12-18(16-9-7-15(3)8-10-16)20-13-19(17)21(4,5)6;/h1-15,17-20H;7-9,12-14H,11H2,1-6H3;/q2*-1;. The summed E-state index contributed by atoms with van der Waals surface area (Å²) < 4.78 is 8.59. The van der Waals surface area contributed by atoms with E-state index < -0.39 is 8.07 Å². The van der Waals surface area contributed by atoms with Crippen LogP contribution in [0.25, 0.3) is 72.4 Å². The largest absolute Gasteiger partial charge is 0.501 e. The first-order chi connectivity index (χ1) is 26.7. The molecular formula is C50H45IrN3OSi-2. The molecule has 0 bridgehead atoms. The van der Waals surface area contributed by atoms with Crippen LogP contribution in [0, 0.1) is 25.0 Å². The first kappa shape index (κ1) is 38.9. The number of hydrogen-bond donors (Lipinski definition) is 0. The fourth-order valence-corrected chi connectivity index (χ4v) is 9.00. The summed E-state index contributed by atoms with van der Waals surface area (Å²) in [4.78, 5) is 9.80. The third-order valence-corrected chi connectivity index (χ3v) is 12.1. The molecule has 0 saturated carbocycles. The van der Waals surface area contributed by atoms with E-state index in [2.05, 4.69) is 160 Å². The molecule has 281 valence electrons. The van der Waals surface area contributed by atoms with Gasteiger partial charge in [-0.25, -0.2) is 0 Å². The molecule has 9 rings (SSSR count). The average Bonchev–Trinajstić information content (AvgIpc) is 3.77. The minimum Gasteiger partial charge on any atom is -0.501 e. The second-order valence-electron chi connectivity index (χ2n) is 15.7. The molecule has 6 heteroatoms. The number of hydrogen-bond acceptors (Lipinski definition) is 3. The number of rotatable bonds is 7. The molecule has 0 N–H and O–H groups in total. The minimum absolute atomic E-state index is 0. The van der Waals surface area contributed by atoms with E-state index in [0.29, 0.717) is 5.92 Å². The van der Waals surface area contributed by atoms with Gasteiger partial charge in [0.25, 0.3) is 0 Å². The maximum atomic E-state index is 6.36. The third-order valence-electron chi connectivity index (χ3n) is 10.0. The van der Waals surface area contributed by atoms with Gasteiger partial charge in [-0.05, 0) is 53.0 Å². The summed E-state index contributed by atoms with van der Waals surface area (Å²) in [7, 11) is -1.35. The van der Waals surface area contributed by atoms with E-state index >= 15 is 0 Å². The van der Waals surface area contributed by atoms with Gasteiger partial charge < -0.3 is 14.0 Å². The summed E-state index contributed by atoms with van der Waals surface area (Å²) in [6, 6.07) is 54.7. The molecule has 0 fully saturated rings. The zero-order valence-corrected chi connectivity index (χ0v) is 36.1. The summed E-state index contributed by atoms with van der Waals surface area (Å²) in [6.45, 7) is 13.8. The zero-order chi connectivity index (χ0) is 38.1. The van der Waals surface area contributed by atoms with Crippen LogP contribution in [-0.4, -0.2) is 22.6 Å². The van der Waals surface area contributed by atoms with Crippen molar-refractivity contribution < 1.29 is 24.5 Å². The van der Waals surface area contributed by atoms with Crippen molar-refractivity contribution in [2.24, 2.45) is 5.92 Å². The van der Waals surface area contributed by atoms with Crippen molar-refractivity contribution in [3.05, 3.63) is 169 Å². The van der Waals surface area contributed by atoms with Crippen LogP contribution >= 0.6 is 0 Å². The van der Waals surface area contributed by atoms with Crippen molar-refractivity contribution in [2.45, 2.75) is 46.8 Å². The van der Waals surface area contributed by atoms with Gasteiger partial charge in [-0.15, -0.1) is 53.6 Å². The fourth-order valence-electron chi connectivity index (χ4n) is 7.41. The van der Waals surface area contributed by atoms with Crippen LogP contribution in [-0.2, 0) is 26.5 Å². The number of aryl methyl sites for hydroxylation is 1. The molecule has 3 aromatic heterocycles. The maximum absolute atomic E-state index is 6.36. The Hall–Kier alpha value is -5.39. The number of furan rings is 1. The summed E-state index contributed by atoms with van der Waals surface area (Å²) in [5, 5.41) is 3.66. The van der Waals surface area contributed by atoms with Crippen LogP contribution in [0.1, 0.15) is 25.0 Å². The molecule has 0 unspecified atom stereocenters. The van der Waals surface area contributed by atoms with Gasteiger partial charge >= 0.3 is 0 Å². The predicted octanol–water partition coefficient (Wildman–Crippen LogP) is 12.7. The number of benzene rings is 6. The molecule has 0 spiro atoms. The number of aromatic nitrogens is 3. The van der Waals surface area contributed by atoms with Crippen LogP contribution in [0.2, 0.25) is 19.6 Å². The van der Waals surface area contributed by atoms with Gasteiger partial charge in [0.1, 0.15) is 5.58 Å². The Bertz CT molecular complexity index is 2760. The number of pyridine rings is 1. The Labute approximate surface area is 344 Å². The third kappa shape index (κ3) is 7.83. The second kappa shape index (κ2) is 16.4. The fraction of sp³-hybridized carbons (Fsp3) is 0.160. The molecule has 0 aliphatic heterocycles. The number of imidazole rings is 1. The summed E-state index contributed by atoms with van der Waals surface area (Å²) in [6.07, 6.45) is 3.24. The van der Waals surface area contributed by atoms with Crippen LogP contribution in [0.3, 0.4) is 0 Å². The maximum Gasteiger partial charge on any atom is 0.120 e. The Morgan fingerprint density at radius 3 is 2.27 bits per heavy atom. The summed E-state index contributed by atoms with van der Waals surface area (Å²) >= 11 is 0. The van der Waals surface area contributed by atoms with Crippen molar-refractivity contribution in [2.75, 3.05) is 0 Å². The van der Waals surface area contributed by atoms with Crippen molar-refractivity contribution in [3.8, 4) is 39.5 Å². The first-order valence-electron chi connectivity index (χ1n) is 19.1. The Morgan fingerprint density at radius 2 is 1.50 bits per heavy atom. The van der Waals surface area contributed by atoms with Crippen LogP contribution in [0.15, 0.2) is 150 Å². The van der Waals surface area contributed by atoms with Gasteiger partial charge in [-0.3, -0.25) is 4.98 Å². The monoisotopic (exact) mass is 924 g/mol. The topological polar surface area (TPSA) is 43.9 Å². The average molecular weight is 924 g/mol. The number of fused-ring (bicyclic) bond motifs is 4. The quantitative estimate of drug-likeness (QED) is 0.118. The Morgan fingerprint density at radius 1 is 0.768 bits per heavy atom. The second-order valence-corrected chi connectivity index (χ2v) is 20.7. The van der Waals surface area contributed by atoms with E-state index in [9.17, 15) is 0 Å². The van der Waals surface area contributed by atoms with Gasteiger partial charge in [0.05, 0.1) is 30.5 Å². The molecule has 4 nitrogen and oxygen atoms in total. The molecule has 6 aromatic carbocycles. The SMILES string of the molecule is Cc1c[c-]c(-c2cc(CC(C)C)c([Si](C)(C)C)cn2)cc1.[Ir].[c-]1ccc2c(oc3ccccc32)c1-c1nc2ccccc2n1-c1ccccc1-c1ccccc1. The molecule has 0 aliphatic rings. The van der Waals surface area contributed by atoms with E-state index in [-0.39, 0.29) is 20.1 Å². The van der Waals surface area contributed by atoms with Crippen molar-refractivity contribution in [1.82, 2.24) is 14.5 Å². The first-order valence-corrected chi connectivity index (χ1v) is 22.6. The normalized spacial score (nSPS) is 11.5. The zero-order valence-electron chi connectivity index (χ0n) is 32.7. The van der Waals surface area contributed by atoms with Gasteiger partial charge in [0.15, 0.2) is 0 Å². The molecule has 9 aromatic rings. The van der Waals surface area contributed by atoms with Crippen molar-refractivity contribution in [1.29, 1.82) is 0 Å². The Kier molecular flexibility index (Phi) is 11.4. The molecule has 0 amide bonds. The molecule has 0 aliphatic carbocycles. The molecule has 56 heavy (non-hydrogen) atoms. The van der Waals surface area contributed by atoms with E-state index in [4.69, 9.17) is 14.4 Å². The Balaban J connectivity index is 0.000000190. The van der Waals surface area contributed by atoms with E-state index in [1.54, 1.807) is 0 Å².